The van der Waals surface area contributed by atoms with Crippen molar-refractivity contribution in [3.8, 4) is 11.5 Å². The zero-order valence-electron chi connectivity index (χ0n) is 13.8. The Bertz CT molecular complexity index is 974. The number of methoxy groups -OCH3 is 1. The molecule has 0 saturated carbocycles. The monoisotopic (exact) mass is 353 g/mol. The fourth-order valence-corrected chi connectivity index (χ4v) is 2.45. The number of ether oxygens (including phenoxy) is 2. The summed E-state index contributed by atoms with van der Waals surface area (Å²) < 4.78 is 10.6. The first-order valence-electron chi connectivity index (χ1n) is 7.67. The number of fused-ring (bicyclic) bond motifs is 1. The Morgan fingerprint density at radius 3 is 2.85 bits per heavy atom. The topological polar surface area (TPSA) is 104 Å². The number of anilines is 1. The SMILES string of the molecule is COc1cccc(NC(=O)COc2ccc([N+](=O)[O-])c3cccnc23)c1. The number of rotatable bonds is 6. The summed E-state index contributed by atoms with van der Waals surface area (Å²) in [5.74, 6) is 0.543. The van der Waals surface area contributed by atoms with Crippen LogP contribution in [0.15, 0.2) is 54.7 Å². The average molecular weight is 353 g/mol. The molecular weight excluding hydrogens is 338 g/mol. The average Bonchev–Trinajstić information content (AvgIpc) is 2.66. The van der Waals surface area contributed by atoms with Gasteiger partial charge in [0.05, 0.1) is 17.4 Å². The third-order valence-corrected chi connectivity index (χ3v) is 3.62. The number of amides is 1. The van der Waals surface area contributed by atoms with E-state index in [1.54, 1.807) is 36.4 Å². The van der Waals surface area contributed by atoms with E-state index in [1.165, 1.54) is 25.4 Å². The van der Waals surface area contributed by atoms with Gasteiger partial charge >= 0.3 is 0 Å². The molecule has 0 fully saturated rings. The number of non-ortho nitro benzene ring substituents is 1. The highest BCUT2D eigenvalue weighted by atomic mass is 16.6. The number of aromatic nitrogens is 1. The zero-order valence-corrected chi connectivity index (χ0v) is 13.8. The minimum Gasteiger partial charge on any atom is -0.497 e. The van der Waals surface area contributed by atoms with Gasteiger partial charge in [0, 0.05) is 24.0 Å². The van der Waals surface area contributed by atoms with Crippen molar-refractivity contribution < 1.29 is 19.2 Å². The van der Waals surface area contributed by atoms with Crippen molar-refractivity contribution in [2.45, 2.75) is 0 Å². The molecule has 0 atom stereocenters. The predicted octanol–water partition coefficient (Wildman–Crippen LogP) is 3.17. The Morgan fingerprint density at radius 1 is 1.23 bits per heavy atom. The number of carbonyl (C=O) groups is 1. The van der Waals surface area contributed by atoms with E-state index in [2.05, 4.69) is 10.3 Å². The molecule has 1 N–H and O–H groups in total. The standard InChI is InChI=1S/C18H15N3O5/c1-25-13-5-2-4-12(10-13)20-17(22)11-26-16-8-7-15(21(23)24)14-6-3-9-19-18(14)16/h2-10H,11H2,1H3,(H,20,22). The Labute approximate surface area is 148 Å². The number of nitro groups is 1. The zero-order chi connectivity index (χ0) is 18.5. The molecule has 0 spiro atoms. The van der Waals surface area contributed by atoms with E-state index in [9.17, 15) is 14.9 Å². The minimum atomic E-state index is -0.483. The second-order valence-electron chi connectivity index (χ2n) is 5.31. The lowest BCUT2D eigenvalue weighted by molar-refractivity contribution is -0.383. The molecule has 0 bridgehead atoms. The van der Waals surface area contributed by atoms with Gasteiger partial charge in [0.2, 0.25) is 0 Å². The van der Waals surface area contributed by atoms with E-state index in [0.717, 1.165) is 0 Å². The Hall–Kier alpha value is -3.68. The van der Waals surface area contributed by atoms with E-state index >= 15 is 0 Å². The van der Waals surface area contributed by atoms with Crippen molar-refractivity contribution in [3.05, 3.63) is 64.8 Å². The highest BCUT2D eigenvalue weighted by molar-refractivity contribution is 5.94. The molecule has 3 aromatic rings. The largest absolute Gasteiger partial charge is 0.497 e. The molecule has 1 aromatic heterocycles. The van der Waals surface area contributed by atoms with Gasteiger partial charge in [0.1, 0.15) is 17.0 Å². The van der Waals surface area contributed by atoms with Crippen molar-refractivity contribution in [3.63, 3.8) is 0 Å². The number of nitrogens with one attached hydrogen (secondary N) is 1. The molecule has 0 aliphatic rings. The van der Waals surface area contributed by atoms with Gasteiger partial charge in [-0.1, -0.05) is 6.07 Å². The van der Waals surface area contributed by atoms with Crippen LogP contribution in [0.25, 0.3) is 10.9 Å². The molecule has 1 heterocycles. The van der Waals surface area contributed by atoms with Gasteiger partial charge < -0.3 is 14.8 Å². The summed E-state index contributed by atoms with van der Waals surface area (Å²) in [6.45, 7) is -0.263. The van der Waals surface area contributed by atoms with E-state index in [4.69, 9.17) is 9.47 Å². The van der Waals surface area contributed by atoms with E-state index in [1.807, 2.05) is 0 Å². The molecule has 8 nitrogen and oxygen atoms in total. The summed E-state index contributed by atoms with van der Waals surface area (Å²) in [4.78, 5) is 26.8. The minimum absolute atomic E-state index is 0.0683. The number of nitro benzene ring substituents is 1. The van der Waals surface area contributed by atoms with Crippen molar-refractivity contribution in [1.29, 1.82) is 0 Å². The van der Waals surface area contributed by atoms with Crippen LogP contribution in [-0.2, 0) is 4.79 Å². The first-order valence-corrected chi connectivity index (χ1v) is 7.67. The highest BCUT2D eigenvalue weighted by Gasteiger charge is 2.16. The lowest BCUT2D eigenvalue weighted by Crippen LogP contribution is -2.20. The van der Waals surface area contributed by atoms with E-state index < -0.39 is 4.92 Å². The van der Waals surface area contributed by atoms with Crippen LogP contribution in [0.3, 0.4) is 0 Å². The Kier molecular flexibility index (Phi) is 4.93. The third kappa shape index (κ3) is 3.69. The maximum absolute atomic E-state index is 12.1. The van der Waals surface area contributed by atoms with Crippen LogP contribution < -0.4 is 14.8 Å². The van der Waals surface area contributed by atoms with Crippen LogP contribution in [0.1, 0.15) is 0 Å². The molecule has 26 heavy (non-hydrogen) atoms. The van der Waals surface area contributed by atoms with Crippen LogP contribution in [-0.4, -0.2) is 29.5 Å². The first-order chi connectivity index (χ1) is 12.6. The molecule has 132 valence electrons. The van der Waals surface area contributed by atoms with Gasteiger partial charge in [0.25, 0.3) is 11.6 Å². The summed E-state index contributed by atoms with van der Waals surface area (Å²) in [6.07, 6.45) is 1.51. The van der Waals surface area contributed by atoms with Gasteiger partial charge in [-0.05, 0) is 30.3 Å². The molecule has 0 aliphatic carbocycles. The predicted molar refractivity (Wildman–Crippen MR) is 95.5 cm³/mol. The summed E-state index contributed by atoms with van der Waals surface area (Å²) in [5.41, 5.74) is 0.835. The summed E-state index contributed by atoms with van der Waals surface area (Å²) in [6, 6.07) is 12.9. The van der Waals surface area contributed by atoms with Crippen molar-refractivity contribution >= 4 is 28.2 Å². The van der Waals surface area contributed by atoms with Gasteiger partial charge in [-0.2, -0.15) is 0 Å². The number of benzene rings is 2. The summed E-state index contributed by atoms with van der Waals surface area (Å²) in [7, 11) is 1.54. The second kappa shape index (κ2) is 7.47. The summed E-state index contributed by atoms with van der Waals surface area (Å²) >= 11 is 0. The fraction of sp³-hybridized carbons (Fsp3) is 0.111. The van der Waals surface area contributed by atoms with Crippen LogP contribution in [0.2, 0.25) is 0 Å². The number of hydrogen-bond donors (Lipinski definition) is 1. The molecule has 1 amide bonds. The molecule has 0 aliphatic heterocycles. The van der Waals surface area contributed by atoms with Gasteiger partial charge in [-0.3, -0.25) is 19.9 Å². The van der Waals surface area contributed by atoms with Crippen molar-refractivity contribution in [2.24, 2.45) is 0 Å². The molecule has 2 aromatic carbocycles. The van der Waals surface area contributed by atoms with E-state index in [-0.39, 0.29) is 18.2 Å². The third-order valence-electron chi connectivity index (χ3n) is 3.62. The maximum atomic E-state index is 12.1. The number of hydrogen-bond acceptors (Lipinski definition) is 6. The van der Waals surface area contributed by atoms with Crippen LogP contribution in [0.5, 0.6) is 11.5 Å². The molecule has 0 unspecified atom stereocenters. The van der Waals surface area contributed by atoms with Crippen LogP contribution in [0.4, 0.5) is 11.4 Å². The van der Waals surface area contributed by atoms with Crippen molar-refractivity contribution in [2.75, 3.05) is 19.0 Å². The van der Waals surface area contributed by atoms with E-state index in [0.29, 0.717) is 28.1 Å². The van der Waals surface area contributed by atoms with Gasteiger partial charge in [-0.15, -0.1) is 0 Å². The first kappa shape index (κ1) is 17.2. The Morgan fingerprint density at radius 2 is 2.08 bits per heavy atom. The number of pyridine rings is 1. The number of carbonyl (C=O) groups excluding carboxylic acids is 1. The lowest BCUT2D eigenvalue weighted by atomic mass is 10.1. The Balaban J connectivity index is 1.74. The highest BCUT2D eigenvalue weighted by Crippen LogP contribution is 2.31. The van der Waals surface area contributed by atoms with Crippen LogP contribution >= 0.6 is 0 Å². The fourth-order valence-electron chi connectivity index (χ4n) is 2.45. The van der Waals surface area contributed by atoms with Crippen molar-refractivity contribution in [1.82, 2.24) is 4.98 Å². The smallest absolute Gasteiger partial charge is 0.279 e. The molecule has 3 rings (SSSR count). The van der Waals surface area contributed by atoms with Crippen LogP contribution in [0, 0.1) is 10.1 Å². The molecule has 0 radical (unpaired) electrons. The summed E-state index contributed by atoms with van der Waals surface area (Å²) in [5, 5.41) is 14.2. The molecular formula is C18H15N3O5. The quantitative estimate of drug-likeness (QED) is 0.539. The normalized spacial score (nSPS) is 10.3. The molecule has 0 saturated heterocycles. The van der Waals surface area contributed by atoms with Gasteiger partial charge in [-0.25, -0.2) is 0 Å². The maximum Gasteiger partial charge on any atom is 0.279 e. The molecule has 8 heteroatoms. The lowest BCUT2D eigenvalue weighted by Gasteiger charge is -2.10. The number of nitrogens with zero attached hydrogens (tertiary/aromatic N) is 2. The second-order valence-corrected chi connectivity index (χ2v) is 5.31. The van der Waals surface area contributed by atoms with Gasteiger partial charge in [0.15, 0.2) is 6.61 Å².